The molecule has 0 aromatic carbocycles. The summed E-state index contributed by atoms with van der Waals surface area (Å²) in [4.78, 5) is 24.4. The molecular weight excluding hydrogens is 376 g/mol. The van der Waals surface area contributed by atoms with Crippen LogP contribution in [0.15, 0.2) is 0 Å². The molecule has 5 atom stereocenters. The van der Waals surface area contributed by atoms with Gasteiger partial charge in [-0.3, -0.25) is 4.79 Å². The van der Waals surface area contributed by atoms with Gasteiger partial charge in [0.1, 0.15) is 18.8 Å². The van der Waals surface area contributed by atoms with E-state index in [1.807, 2.05) is 27.7 Å². The number of rotatable bonds is 9. The van der Waals surface area contributed by atoms with E-state index in [0.29, 0.717) is 44.9 Å². The van der Waals surface area contributed by atoms with Crippen LogP contribution in [0.2, 0.25) is 0 Å². The second kappa shape index (κ2) is 7.82. The molecule has 0 radical (unpaired) electrons. The van der Waals surface area contributed by atoms with Gasteiger partial charge < -0.3 is 24.4 Å². The normalized spacial score (nSPS) is 38.1. The summed E-state index contributed by atoms with van der Waals surface area (Å²) in [5.74, 6) is -0.789. The van der Waals surface area contributed by atoms with E-state index in [2.05, 4.69) is 0 Å². The molecule has 0 heterocycles. The molecule has 0 aromatic rings. The van der Waals surface area contributed by atoms with Crippen molar-refractivity contribution in [1.29, 1.82) is 0 Å². The molecule has 0 aromatic heterocycles. The van der Waals surface area contributed by atoms with Gasteiger partial charge in [0, 0.05) is 18.8 Å². The quantitative estimate of drug-likeness (QED) is 0.443. The second-order valence-electron chi connectivity index (χ2n) is 10.1. The van der Waals surface area contributed by atoms with Gasteiger partial charge in [0.2, 0.25) is 0 Å². The molecule has 7 heteroatoms. The Morgan fingerprint density at radius 2 is 1.79 bits per heavy atom. The van der Waals surface area contributed by atoms with Crippen molar-refractivity contribution >= 4 is 11.9 Å². The summed E-state index contributed by atoms with van der Waals surface area (Å²) >= 11 is 0. The molecule has 0 aliphatic heterocycles. The fourth-order valence-corrected chi connectivity index (χ4v) is 6.09. The molecule has 5 unspecified atom stereocenters. The zero-order chi connectivity index (χ0) is 21.5. The van der Waals surface area contributed by atoms with Gasteiger partial charge >= 0.3 is 11.9 Å². The molecule has 0 spiro atoms. The Kier molecular flexibility index (Phi) is 6.07. The summed E-state index contributed by atoms with van der Waals surface area (Å²) in [6.07, 6.45) is 4.14. The van der Waals surface area contributed by atoms with Crippen molar-refractivity contribution in [3.05, 3.63) is 0 Å². The molecule has 29 heavy (non-hydrogen) atoms. The first-order valence-electron chi connectivity index (χ1n) is 10.9. The van der Waals surface area contributed by atoms with Crippen LogP contribution in [-0.4, -0.2) is 58.8 Å². The van der Waals surface area contributed by atoms with Gasteiger partial charge in [-0.05, 0) is 51.9 Å². The highest BCUT2D eigenvalue weighted by Gasteiger charge is 2.69. The third-order valence-corrected chi connectivity index (χ3v) is 7.33. The van der Waals surface area contributed by atoms with Crippen LogP contribution < -0.4 is 0 Å². The zero-order valence-electron chi connectivity index (χ0n) is 18.2. The van der Waals surface area contributed by atoms with E-state index >= 15 is 0 Å². The minimum Gasteiger partial charge on any atom is -0.463 e. The number of esters is 2. The van der Waals surface area contributed by atoms with E-state index in [-0.39, 0.29) is 37.6 Å². The van der Waals surface area contributed by atoms with E-state index in [1.54, 1.807) is 0 Å². The number of aliphatic hydroxyl groups is 2. The third-order valence-electron chi connectivity index (χ3n) is 7.33. The van der Waals surface area contributed by atoms with Gasteiger partial charge in [0.25, 0.3) is 0 Å². The Balaban J connectivity index is 1.51. The van der Waals surface area contributed by atoms with Crippen LogP contribution in [0.4, 0.5) is 0 Å². The molecule has 4 saturated carbocycles. The lowest BCUT2D eigenvalue weighted by Gasteiger charge is -2.66. The average molecular weight is 413 g/mol. The largest absolute Gasteiger partial charge is 0.463 e. The van der Waals surface area contributed by atoms with Crippen molar-refractivity contribution in [2.75, 3.05) is 19.8 Å². The maximum Gasteiger partial charge on any atom is 0.332 e. The van der Waals surface area contributed by atoms with E-state index in [1.165, 1.54) is 0 Å². The van der Waals surface area contributed by atoms with Gasteiger partial charge in [-0.15, -0.1) is 0 Å². The number of carbonyl (C=O) groups excluding carboxylic acids is 2. The molecule has 0 amide bonds. The Bertz CT molecular complexity index is 647. The molecule has 4 aliphatic carbocycles. The SMILES string of the molecule is CCC1C2(O)CC3CC(O)(C2)CC1(OC(=O)COCCOC(=O)C(C)(C)CC)C3. The number of hydrogen-bond acceptors (Lipinski definition) is 7. The first-order chi connectivity index (χ1) is 13.5. The van der Waals surface area contributed by atoms with E-state index in [9.17, 15) is 19.8 Å². The van der Waals surface area contributed by atoms with Crippen LogP contribution in [0.5, 0.6) is 0 Å². The lowest BCUT2D eigenvalue weighted by Crippen LogP contribution is -2.72. The molecule has 4 rings (SSSR count). The fraction of sp³-hybridized carbons (Fsp3) is 0.909. The Labute approximate surface area is 173 Å². The molecule has 4 fully saturated rings. The predicted molar refractivity (Wildman–Crippen MR) is 105 cm³/mol. The Morgan fingerprint density at radius 1 is 1.07 bits per heavy atom. The predicted octanol–water partition coefficient (Wildman–Crippen LogP) is 2.36. The van der Waals surface area contributed by atoms with Crippen molar-refractivity contribution < 1.29 is 34.0 Å². The summed E-state index contributed by atoms with van der Waals surface area (Å²) in [6, 6.07) is 0. The van der Waals surface area contributed by atoms with Crippen LogP contribution in [-0.2, 0) is 23.8 Å². The van der Waals surface area contributed by atoms with E-state index in [0.717, 1.165) is 0 Å². The first-order valence-corrected chi connectivity index (χ1v) is 10.9. The maximum atomic E-state index is 12.5. The third kappa shape index (κ3) is 4.32. The Morgan fingerprint density at radius 3 is 2.41 bits per heavy atom. The van der Waals surface area contributed by atoms with Crippen molar-refractivity contribution in [1.82, 2.24) is 0 Å². The molecule has 4 bridgehead atoms. The topological polar surface area (TPSA) is 102 Å². The van der Waals surface area contributed by atoms with Crippen molar-refractivity contribution in [3.63, 3.8) is 0 Å². The van der Waals surface area contributed by atoms with Gasteiger partial charge in [-0.2, -0.15) is 0 Å². The lowest BCUT2D eigenvalue weighted by atomic mass is 9.45. The van der Waals surface area contributed by atoms with Crippen molar-refractivity contribution in [2.24, 2.45) is 17.3 Å². The summed E-state index contributed by atoms with van der Waals surface area (Å²) in [7, 11) is 0. The van der Waals surface area contributed by atoms with Crippen LogP contribution in [0.3, 0.4) is 0 Å². The summed E-state index contributed by atoms with van der Waals surface area (Å²) in [6.45, 7) is 7.52. The molecule has 7 nitrogen and oxygen atoms in total. The summed E-state index contributed by atoms with van der Waals surface area (Å²) < 4.78 is 16.4. The summed E-state index contributed by atoms with van der Waals surface area (Å²) in [5, 5.41) is 22.1. The van der Waals surface area contributed by atoms with Crippen molar-refractivity contribution in [2.45, 2.75) is 89.4 Å². The van der Waals surface area contributed by atoms with Crippen LogP contribution in [0, 0.1) is 17.3 Å². The highest BCUT2D eigenvalue weighted by molar-refractivity contribution is 5.75. The van der Waals surface area contributed by atoms with E-state index in [4.69, 9.17) is 14.2 Å². The van der Waals surface area contributed by atoms with Crippen LogP contribution in [0.25, 0.3) is 0 Å². The van der Waals surface area contributed by atoms with Gasteiger partial charge in [0.15, 0.2) is 0 Å². The monoisotopic (exact) mass is 412 g/mol. The van der Waals surface area contributed by atoms with Crippen LogP contribution >= 0.6 is 0 Å². The Hall–Kier alpha value is -1.18. The molecule has 2 N–H and O–H groups in total. The molecule has 166 valence electrons. The highest BCUT2D eigenvalue weighted by Crippen LogP contribution is 2.63. The van der Waals surface area contributed by atoms with Crippen molar-refractivity contribution in [3.8, 4) is 0 Å². The van der Waals surface area contributed by atoms with Crippen LogP contribution in [0.1, 0.15) is 72.6 Å². The minimum atomic E-state index is -0.968. The number of carbonyl (C=O) groups is 2. The first kappa shape index (κ1) is 22.5. The summed E-state index contributed by atoms with van der Waals surface area (Å²) in [5.41, 5.74) is -3.28. The smallest absolute Gasteiger partial charge is 0.332 e. The molecule has 0 saturated heterocycles. The average Bonchev–Trinajstić information content (AvgIpc) is 2.58. The van der Waals surface area contributed by atoms with Gasteiger partial charge in [-0.1, -0.05) is 13.8 Å². The number of ether oxygens (including phenoxy) is 3. The second-order valence-corrected chi connectivity index (χ2v) is 10.1. The highest BCUT2D eigenvalue weighted by atomic mass is 16.6. The fourth-order valence-electron chi connectivity index (χ4n) is 6.09. The molecular formula is C22H36O7. The maximum absolute atomic E-state index is 12.5. The zero-order valence-corrected chi connectivity index (χ0v) is 18.2. The standard InChI is InChI=1S/C22H36O7/c1-5-16-21(26)10-15-9-20(25,13-21)14-22(16,11-15)29-17(23)12-27-7-8-28-18(24)19(3,4)6-2/h15-16,25-26H,5-14H2,1-4H3. The lowest BCUT2D eigenvalue weighted by molar-refractivity contribution is -0.295. The van der Waals surface area contributed by atoms with Gasteiger partial charge in [-0.25, -0.2) is 4.79 Å². The van der Waals surface area contributed by atoms with Gasteiger partial charge in [0.05, 0.1) is 23.2 Å². The minimum absolute atomic E-state index is 0.0832. The number of hydrogen-bond donors (Lipinski definition) is 2. The molecule has 4 aliphatic rings. The van der Waals surface area contributed by atoms with E-state index < -0.39 is 28.2 Å².